The summed E-state index contributed by atoms with van der Waals surface area (Å²) in [5.74, 6) is 1.27. The van der Waals surface area contributed by atoms with Gasteiger partial charge < -0.3 is 9.84 Å². The second-order valence-corrected chi connectivity index (χ2v) is 4.53. The fourth-order valence-electron chi connectivity index (χ4n) is 1.33. The lowest BCUT2D eigenvalue weighted by Crippen LogP contribution is -2.12. The average Bonchev–Trinajstić information content (AvgIpc) is 2.90. The first-order chi connectivity index (χ1) is 8.28. The lowest BCUT2D eigenvalue weighted by Gasteiger charge is -1.93. The molecule has 0 aliphatic rings. The van der Waals surface area contributed by atoms with Crippen LogP contribution in [0.4, 0.5) is 0 Å². The second-order valence-electron chi connectivity index (χ2n) is 3.58. The Morgan fingerprint density at radius 2 is 2.41 bits per heavy atom. The van der Waals surface area contributed by atoms with Crippen LogP contribution in [0.2, 0.25) is 0 Å². The minimum absolute atomic E-state index is 0.565. The quantitative estimate of drug-likeness (QED) is 0.624. The van der Waals surface area contributed by atoms with E-state index >= 15 is 0 Å². The summed E-state index contributed by atoms with van der Waals surface area (Å²) >= 11 is 1.61. The number of nitrogens with zero attached hydrogens (tertiary/aromatic N) is 3. The molecule has 0 bridgehead atoms. The van der Waals surface area contributed by atoms with Gasteiger partial charge in [-0.25, -0.2) is 4.98 Å². The van der Waals surface area contributed by atoms with Crippen molar-refractivity contribution < 1.29 is 4.52 Å². The molecule has 17 heavy (non-hydrogen) atoms. The highest BCUT2D eigenvalue weighted by Crippen LogP contribution is 2.12. The zero-order valence-electron chi connectivity index (χ0n) is 9.64. The number of hydrogen-bond acceptors (Lipinski definition) is 6. The standard InChI is InChI=1S/C11H14N4OS/c1-3-4-12-6-10-14-9(15-16-10)5-11-13-8(2)7-17-11/h3,7,12H,1,4-6H2,2H3. The summed E-state index contributed by atoms with van der Waals surface area (Å²) in [6.07, 6.45) is 2.42. The van der Waals surface area contributed by atoms with Gasteiger partial charge in [0.2, 0.25) is 5.89 Å². The highest BCUT2D eigenvalue weighted by molar-refractivity contribution is 7.09. The maximum Gasteiger partial charge on any atom is 0.240 e. The Bertz CT molecular complexity index is 491. The zero-order chi connectivity index (χ0) is 12.1. The van der Waals surface area contributed by atoms with Crippen LogP contribution in [0, 0.1) is 6.92 Å². The zero-order valence-corrected chi connectivity index (χ0v) is 10.5. The van der Waals surface area contributed by atoms with Gasteiger partial charge in [-0.05, 0) is 6.92 Å². The Morgan fingerprint density at radius 1 is 1.53 bits per heavy atom. The van der Waals surface area contributed by atoms with Crippen molar-refractivity contribution in [3.8, 4) is 0 Å². The van der Waals surface area contributed by atoms with Crippen LogP contribution >= 0.6 is 11.3 Å². The molecule has 0 radical (unpaired) electrons. The topological polar surface area (TPSA) is 63.8 Å². The van der Waals surface area contributed by atoms with Gasteiger partial charge in [-0.3, -0.25) is 0 Å². The van der Waals surface area contributed by atoms with E-state index in [4.69, 9.17) is 4.52 Å². The third-order valence-electron chi connectivity index (χ3n) is 2.05. The number of hydrogen-bond donors (Lipinski definition) is 1. The summed E-state index contributed by atoms with van der Waals surface area (Å²) in [5, 5.41) is 10.0. The van der Waals surface area contributed by atoms with Gasteiger partial charge in [0.05, 0.1) is 13.0 Å². The van der Waals surface area contributed by atoms with Gasteiger partial charge in [-0.15, -0.1) is 17.9 Å². The molecule has 5 nitrogen and oxygen atoms in total. The highest BCUT2D eigenvalue weighted by atomic mass is 32.1. The van der Waals surface area contributed by atoms with E-state index in [1.54, 1.807) is 17.4 Å². The van der Waals surface area contributed by atoms with E-state index in [1.807, 2.05) is 12.3 Å². The van der Waals surface area contributed by atoms with Gasteiger partial charge in [0.1, 0.15) is 5.01 Å². The molecule has 0 amide bonds. The van der Waals surface area contributed by atoms with Crippen LogP contribution in [0.1, 0.15) is 22.4 Å². The summed E-state index contributed by atoms with van der Waals surface area (Å²) in [6, 6.07) is 0. The van der Waals surface area contributed by atoms with Crippen molar-refractivity contribution in [2.75, 3.05) is 6.54 Å². The van der Waals surface area contributed by atoms with Crippen LogP contribution in [0.25, 0.3) is 0 Å². The molecule has 2 aromatic rings. The van der Waals surface area contributed by atoms with E-state index in [1.165, 1.54) is 0 Å². The molecule has 2 heterocycles. The van der Waals surface area contributed by atoms with Crippen molar-refractivity contribution in [3.63, 3.8) is 0 Å². The van der Waals surface area contributed by atoms with Crippen molar-refractivity contribution >= 4 is 11.3 Å². The molecule has 0 aliphatic heterocycles. The van der Waals surface area contributed by atoms with Crippen LogP contribution < -0.4 is 5.32 Å². The first kappa shape index (κ1) is 11.9. The predicted molar refractivity (Wildman–Crippen MR) is 65.9 cm³/mol. The molecule has 0 atom stereocenters. The molecule has 0 spiro atoms. The van der Waals surface area contributed by atoms with Crippen molar-refractivity contribution in [1.29, 1.82) is 0 Å². The third-order valence-corrected chi connectivity index (χ3v) is 3.02. The van der Waals surface area contributed by atoms with Crippen LogP contribution in [0.3, 0.4) is 0 Å². The fourth-order valence-corrected chi connectivity index (χ4v) is 2.10. The number of rotatable bonds is 6. The monoisotopic (exact) mass is 250 g/mol. The highest BCUT2D eigenvalue weighted by Gasteiger charge is 2.08. The van der Waals surface area contributed by atoms with E-state index in [2.05, 4.69) is 27.0 Å². The van der Waals surface area contributed by atoms with Gasteiger partial charge in [-0.1, -0.05) is 11.2 Å². The van der Waals surface area contributed by atoms with E-state index < -0.39 is 0 Å². The van der Waals surface area contributed by atoms with Gasteiger partial charge >= 0.3 is 0 Å². The van der Waals surface area contributed by atoms with E-state index in [0.29, 0.717) is 24.7 Å². The molecule has 0 aromatic carbocycles. The summed E-state index contributed by atoms with van der Waals surface area (Å²) in [6.45, 7) is 6.88. The summed E-state index contributed by atoms with van der Waals surface area (Å²) in [5.41, 5.74) is 1.03. The molecule has 2 aromatic heterocycles. The Kier molecular flexibility index (Phi) is 4.00. The van der Waals surface area contributed by atoms with Crippen molar-refractivity contribution in [2.45, 2.75) is 19.9 Å². The molecule has 6 heteroatoms. The molecule has 0 unspecified atom stereocenters. The molecule has 0 saturated heterocycles. The summed E-state index contributed by atoms with van der Waals surface area (Å²) in [4.78, 5) is 8.64. The largest absolute Gasteiger partial charge is 0.338 e. The van der Waals surface area contributed by atoms with Gasteiger partial charge in [0, 0.05) is 17.6 Å². The summed E-state index contributed by atoms with van der Waals surface area (Å²) in [7, 11) is 0. The van der Waals surface area contributed by atoms with E-state index in [-0.39, 0.29) is 0 Å². The minimum atomic E-state index is 0.565. The molecule has 0 aliphatic carbocycles. The second kappa shape index (κ2) is 5.70. The number of aryl methyl sites for hydroxylation is 1. The smallest absolute Gasteiger partial charge is 0.240 e. The fraction of sp³-hybridized carbons (Fsp3) is 0.364. The SMILES string of the molecule is C=CCNCc1nc(Cc2nc(C)cs2)no1. The Labute approximate surface area is 104 Å². The number of nitrogens with one attached hydrogen (secondary N) is 1. The van der Waals surface area contributed by atoms with Gasteiger partial charge in [0.25, 0.3) is 0 Å². The minimum Gasteiger partial charge on any atom is -0.338 e. The molecule has 1 N–H and O–H groups in total. The number of thiazole rings is 1. The average molecular weight is 250 g/mol. The lowest BCUT2D eigenvalue weighted by atomic mass is 10.4. The molecule has 2 rings (SSSR count). The maximum atomic E-state index is 5.11. The molecule has 90 valence electrons. The predicted octanol–water partition coefficient (Wildman–Crippen LogP) is 1.70. The molecular weight excluding hydrogens is 236 g/mol. The van der Waals surface area contributed by atoms with E-state index in [9.17, 15) is 0 Å². The lowest BCUT2D eigenvalue weighted by molar-refractivity contribution is 0.366. The molecule has 0 fully saturated rings. The molecular formula is C11H14N4OS. The van der Waals surface area contributed by atoms with Gasteiger partial charge in [0.15, 0.2) is 5.82 Å². The van der Waals surface area contributed by atoms with Crippen molar-refractivity contribution in [1.82, 2.24) is 20.4 Å². The Balaban J connectivity index is 1.91. The Hall–Kier alpha value is -1.53. The first-order valence-electron chi connectivity index (χ1n) is 5.32. The van der Waals surface area contributed by atoms with Crippen LogP contribution in [0.15, 0.2) is 22.6 Å². The summed E-state index contributed by atoms with van der Waals surface area (Å²) < 4.78 is 5.11. The van der Waals surface area contributed by atoms with Gasteiger partial charge in [-0.2, -0.15) is 4.98 Å². The Morgan fingerprint density at radius 3 is 3.12 bits per heavy atom. The molecule has 0 saturated carbocycles. The van der Waals surface area contributed by atoms with Crippen LogP contribution in [0.5, 0.6) is 0 Å². The normalized spacial score (nSPS) is 10.6. The first-order valence-corrected chi connectivity index (χ1v) is 6.20. The maximum absolute atomic E-state index is 5.11. The van der Waals surface area contributed by atoms with Crippen molar-refractivity contribution in [2.24, 2.45) is 0 Å². The number of aromatic nitrogens is 3. The van der Waals surface area contributed by atoms with Crippen LogP contribution in [-0.4, -0.2) is 21.7 Å². The van der Waals surface area contributed by atoms with E-state index in [0.717, 1.165) is 17.2 Å². The van der Waals surface area contributed by atoms with Crippen LogP contribution in [-0.2, 0) is 13.0 Å². The third kappa shape index (κ3) is 3.47. The van der Waals surface area contributed by atoms with Crippen molar-refractivity contribution in [3.05, 3.63) is 40.5 Å².